The zero-order valence-corrected chi connectivity index (χ0v) is 20.5. The fourth-order valence-electron chi connectivity index (χ4n) is 3.60. The molecule has 0 radical (unpaired) electrons. The van der Waals surface area contributed by atoms with Crippen molar-refractivity contribution in [3.63, 3.8) is 0 Å². The van der Waals surface area contributed by atoms with E-state index in [2.05, 4.69) is 5.32 Å². The van der Waals surface area contributed by atoms with Gasteiger partial charge in [-0.25, -0.2) is 0 Å². The van der Waals surface area contributed by atoms with Crippen LogP contribution in [-0.2, 0) is 23.9 Å². The highest BCUT2D eigenvalue weighted by Gasteiger charge is 2.36. The minimum absolute atomic E-state index is 0.105. The summed E-state index contributed by atoms with van der Waals surface area (Å²) >= 11 is 0. The van der Waals surface area contributed by atoms with Crippen LogP contribution in [0.2, 0.25) is 0 Å². The highest BCUT2D eigenvalue weighted by atomic mass is 16.5. The van der Waals surface area contributed by atoms with Gasteiger partial charge in [0.2, 0.25) is 5.91 Å². The molecule has 1 aliphatic carbocycles. The Hall–Kier alpha value is -1.81. The molecule has 190 valence electrons. The zero-order chi connectivity index (χ0) is 25.2. The summed E-state index contributed by atoms with van der Waals surface area (Å²) in [6.45, 7) is 6.94. The second-order valence-electron chi connectivity index (χ2n) is 9.89. The summed E-state index contributed by atoms with van der Waals surface area (Å²) in [6, 6.07) is 0. The molecule has 0 saturated heterocycles. The molecule has 9 heteroatoms. The fourth-order valence-corrected chi connectivity index (χ4v) is 3.60. The lowest BCUT2D eigenvalue weighted by Gasteiger charge is -2.27. The first-order valence-electron chi connectivity index (χ1n) is 11.6. The van der Waals surface area contributed by atoms with Gasteiger partial charge in [-0.3, -0.25) is 14.4 Å². The molecule has 1 aliphatic rings. The molecule has 5 atom stereocenters. The molecule has 4 N–H and O–H groups in total. The van der Waals surface area contributed by atoms with Crippen LogP contribution in [0.4, 0.5) is 0 Å². The van der Waals surface area contributed by atoms with Gasteiger partial charge in [0, 0.05) is 19.4 Å². The Labute approximate surface area is 196 Å². The number of allylic oxidation sites excluding steroid dienone is 1. The number of ether oxygens (including phenoxy) is 2. The predicted molar refractivity (Wildman–Crippen MR) is 122 cm³/mol. The van der Waals surface area contributed by atoms with Crippen molar-refractivity contribution in [3.05, 3.63) is 12.2 Å². The molecule has 1 rings (SSSR count). The molecule has 1 fully saturated rings. The number of nitrogens with one attached hydrogen (secondary N) is 1. The molecule has 0 bridgehead atoms. The Morgan fingerprint density at radius 3 is 2.21 bits per heavy atom. The molecule has 1 saturated carbocycles. The van der Waals surface area contributed by atoms with E-state index in [1.807, 2.05) is 20.8 Å². The third kappa shape index (κ3) is 10.8. The Balaban J connectivity index is 2.54. The molecule has 1 amide bonds. The minimum Gasteiger partial charge on any atom is -0.461 e. The van der Waals surface area contributed by atoms with Gasteiger partial charge in [-0.2, -0.15) is 0 Å². The third-order valence-corrected chi connectivity index (χ3v) is 5.59. The van der Waals surface area contributed by atoms with E-state index in [4.69, 9.17) is 9.47 Å². The van der Waals surface area contributed by atoms with E-state index in [0.29, 0.717) is 0 Å². The number of hydrogen-bond donors (Lipinski definition) is 4. The quantitative estimate of drug-likeness (QED) is 0.246. The fraction of sp³-hybridized carbons (Fsp3) is 0.792. The highest BCUT2D eigenvalue weighted by Crippen LogP contribution is 2.20. The summed E-state index contributed by atoms with van der Waals surface area (Å²) in [5.41, 5.74) is -0.242. The monoisotopic (exact) mass is 471 g/mol. The number of hydrogen-bond acceptors (Lipinski definition) is 8. The normalized spacial score (nSPS) is 20.0. The van der Waals surface area contributed by atoms with Crippen LogP contribution in [0.1, 0.15) is 66.2 Å². The van der Waals surface area contributed by atoms with Crippen molar-refractivity contribution in [2.75, 3.05) is 13.7 Å². The van der Waals surface area contributed by atoms with Crippen LogP contribution in [-0.4, -0.2) is 77.2 Å². The van der Waals surface area contributed by atoms with E-state index in [1.165, 1.54) is 20.1 Å². The zero-order valence-electron chi connectivity index (χ0n) is 20.5. The Bertz CT molecular complexity index is 666. The maximum Gasteiger partial charge on any atom is 0.325 e. The number of aliphatic hydroxyl groups excluding tert-OH is 3. The van der Waals surface area contributed by atoms with E-state index in [1.54, 1.807) is 6.08 Å². The van der Waals surface area contributed by atoms with Crippen molar-refractivity contribution >= 4 is 17.7 Å². The molecular weight excluding hydrogens is 430 g/mol. The maximum atomic E-state index is 12.6. The molecule has 0 unspecified atom stereocenters. The average Bonchev–Trinajstić information content (AvgIpc) is 2.75. The summed E-state index contributed by atoms with van der Waals surface area (Å²) in [5, 5.41) is 33.2. The van der Waals surface area contributed by atoms with Crippen LogP contribution in [0.5, 0.6) is 0 Å². The van der Waals surface area contributed by atoms with Gasteiger partial charge in [0.05, 0.1) is 0 Å². The van der Waals surface area contributed by atoms with Gasteiger partial charge in [0.15, 0.2) is 5.78 Å². The first-order valence-corrected chi connectivity index (χ1v) is 11.6. The topological polar surface area (TPSA) is 142 Å². The number of carbonyl (C=O) groups excluding carboxylic acids is 3. The van der Waals surface area contributed by atoms with E-state index in [0.717, 1.165) is 32.1 Å². The molecule has 0 aromatic rings. The van der Waals surface area contributed by atoms with Crippen LogP contribution < -0.4 is 5.32 Å². The standard InChI is InChI=1S/C24H41NO8/c1-15(23(31)25-14-19(28)33-16-9-7-6-8-10-16)13-18(27)22(32-5)21(30)20(29)17(26)11-12-24(2,3)4/h11-12,15-17,20-22,26,29-30H,6-10,13-14H2,1-5H3,(H,25,31)/b12-11+/t15-,17-,20+,21-,22+/m1/s1. The smallest absolute Gasteiger partial charge is 0.325 e. The molecule has 0 aromatic heterocycles. The van der Waals surface area contributed by atoms with Gasteiger partial charge in [0.25, 0.3) is 0 Å². The lowest BCUT2D eigenvalue weighted by molar-refractivity contribution is -0.151. The van der Waals surface area contributed by atoms with E-state index in [9.17, 15) is 29.7 Å². The SMILES string of the molecule is CO[C@@H](C(=O)C[C@@H](C)C(=O)NCC(=O)OC1CCCCC1)[C@H](O)[C@@H](O)[C@H](O)/C=C/C(C)(C)C. The van der Waals surface area contributed by atoms with Crippen molar-refractivity contribution in [2.45, 2.75) is 96.7 Å². The van der Waals surface area contributed by atoms with Crippen LogP contribution >= 0.6 is 0 Å². The Kier molecular flexibility index (Phi) is 12.2. The van der Waals surface area contributed by atoms with Crippen molar-refractivity contribution in [1.82, 2.24) is 5.32 Å². The van der Waals surface area contributed by atoms with Crippen molar-refractivity contribution in [1.29, 1.82) is 0 Å². The summed E-state index contributed by atoms with van der Waals surface area (Å²) in [4.78, 5) is 36.9. The Morgan fingerprint density at radius 2 is 1.67 bits per heavy atom. The van der Waals surface area contributed by atoms with Gasteiger partial charge in [-0.05, 0) is 31.1 Å². The molecule has 0 aliphatic heterocycles. The van der Waals surface area contributed by atoms with Gasteiger partial charge < -0.3 is 30.1 Å². The second kappa shape index (κ2) is 13.8. The third-order valence-electron chi connectivity index (χ3n) is 5.59. The highest BCUT2D eigenvalue weighted by molar-refractivity contribution is 5.90. The van der Waals surface area contributed by atoms with Crippen LogP contribution in [0.3, 0.4) is 0 Å². The minimum atomic E-state index is -1.69. The Morgan fingerprint density at radius 1 is 1.06 bits per heavy atom. The molecule has 0 aromatic carbocycles. The predicted octanol–water partition coefficient (Wildman–Crippen LogP) is 1.27. The van der Waals surface area contributed by atoms with Crippen molar-refractivity contribution in [2.24, 2.45) is 11.3 Å². The molecular formula is C24H41NO8. The second-order valence-corrected chi connectivity index (χ2v) is 9.89. The van der Waals surface area contributed by atoms with Gasteiger partial charge in [0.1, 0.15) is 37.1 Å². The number of amides is 1. The van der Waals surface area contributed by atoms with E-state index in [-0.39, 0.29) is 24.5 Å². The van der Waals surface area contributed by atoms with Crippen LogP contribution in [0.25, 0.3) is 0 Å². The van der Waals surface area contributed by atoms with Gasteiger partial charge >= 0.3 is 5.97 Å². The maximum absolute atomic E-state index is 12.6. The molecule has 9 nitrogen and oxygen atoms in total. The van der Waals surface area contributed by atoms with Gasteiger partial charge in [-0.15, -0.1) is 0 Å². The number of methoxy groups -OCH3 is 1. The summed E-state index contributed by atoms with van der Waals surface area (Å²) < 4.78 is 10.4. The molecule has 0 heterocycles. The van der Waals surface area contributed by atoms with Crippen LogP contribution in [0.15, 0.2) is 12.2 Å². The number of esters is 1. The van der Waals surface area contributed by atoms with Crippen molar-refractivity contribution < 1.29 is 39.2 Å². The lowest BCUT2D eigenvalue weighted by Crippen LogP contribution is -2.48. The summed E-state index contributed by atoms with van der Waals surface area (Å²) in [5.74, 6) is -2.43. The first kappa shape index (κ1) is 29.2. The lowest BCUT2D eigenvalue weighted by atomic mass is 9.92. The van der Waals surface area contributed by atoms with Crippen molar-refractivity contribution in [3.8, 4) is 0 Å². The number of ketones is 1. The first-order chi connectivity index (χ1) is 15.4. The number of aliphatic hydroxyl groups is 3. The number of carbonyl (C=O) groups is 3. The summed E-state index contributed by atoms with van der Waals surface area (Å²) in [6.07, 6.45) is 1.32. The number of Topliss-reactive ketones (excluding diaryl/α,β-unsaturated/α-hetero) is 1. The largest absolute Gasteiger partial charge is 0.461 e. The average molecular weight is 472 g/mol. The van der Waals surface area contributed by atoms with E-state index < -0.39 is 48.0 Å². The molecule has 0 spiro atoms. The van der Waals surface area contributed by atoms with E-state index >= 15 is 0 Å². The molecule has 33 heavy (non-hydrogen) atoms. The number of rotatable bonds is 12. The van der Waals surface area contributed by atoms with Crippen LogP contribution in [0, 0.1) is 11.3 Å². The van der Waals surface area contributed by atoms with Gasteiger partial charge in [-0.1, -0.05) is 46.3 Å². The summed E-state index contributed by atoms with van der Waals surface area (Å²) in [7, 11) is 1.20.